The maximum absolute atomic E-state index is 13.2. The van der Waals surface area contributed by atoms with Gasteiger partial charge < -0.3 is 14.8 Å². The first kappa shape index (κ1) is 19.7. The average molecular weight is 395 g/mol. The summed E-state index contributed by atoms with van der Waals surface area (Å²) >= 11 is 0. The van der Waals surface area contributed by atoms with Crippen molar-refractivity contribution in [3.8, 4) is 0 Å². The Labute approximate surface area is 172 Å². The Hall–Kier alpha value is -2.63. The molecule has 1 spiro atoms. The normalized spacial score (nSPS) is 19.8. The summed E-state index contributed by atoms with van der Waals surface area (Å²) in [5.74, 6) is 0.999. The lowest BCUT2D eigenvalue weighted by molar-refractivity contribution is -0.129. The van der Waals surface area contributed by atoms with Crippen molar-refractivity contribution in [3.05, 3.63) is 52.6 Å². The van der Waals surface area contributed by atoms with E-state index in [1.165, 1.54) is 5.56 Å². The molecule has 29 heavy (non-hydrogen) atoms. The Morgan fingerprint density at radius 1 is 1.14 bits per heavy atom. The number of aryl methyl sites for hydroxylation is 3. The first-order valence-corrected chi connectivity index (χ1v) is 10.2. The van der Waals surface area contributed by atoms with E-state index in [0.717, 1.165) is 28.9 Å². The van der Waals surface area contributed by atoms with Crippen LogP contribution in [0.15, 0.2) is 24.5 Å². The topological polar surface area (TPSA) is 67.2 Å². The molecule has 1 fully saturated rings. The zero-order chi connectivity index (χ0) is 21.1. The number of carbonyl (C=O) groups excluding carboxylic acids is 2. The van der Waals surface area contributed by atoms with Crippen molar-refractivity contribution in [3.63, 3.8) is 0 Å². The molecule has 1 N–H and O–H groups in total. The van der Waals surface area contributed by atoms with Gasteiger partial charge in [0.15, 0.2) is 0 Å². The Balaban J connectivity index is 1.53. The highest BCUT2D eigenvalue weighted by atomic mass is 16.2. The molecule has 1 atom stereocenters. The zero-order valence-corrected chi connectivity index (χ0v) is 18.2. The fourth-order valence-corrected chi connectivity index (χ4v) is 4.80. The van der Waals surface area contributed by atoms with Crippen molar-refractivity contribution < 1.29 is 9.59 Å². The minimum Gasteiger partial charge on any atom is -0.346 e. The molecule has 2 aliphatic heterocycles. The summed E-state index contributed by atoms with van der Waals surface area (Å²) in [4.78, 5) is 32.1. The minimum atomic E-state index is -0.449. The SMILES string of the molecule is Cc1cc(C)c(C(=O)N2CC3(CC(NC(=O)C(C)(C)C)c4nccn43)C2)c(C)c1. The van der Waals surface area contributed by atoms with Gasteiger partial charge in [-0.25, -0.2) is 4.98 Å². The number of fused-ring (bicyclic) bond motifs is 2. The molecule has 3 heterocycles. The molecule has 1 aromatic carbocycles. The van der Waals surface area contributed by atoms with E-state index in [2.05, 4.69) is 33.9 Å². The molecule has 6 nitrogen and oxygen atoms in total. The second kappa shape index (κ2) is 6.44. The Morgan fingerprint density at radius 3 is 2.34 bits per heavy atom. The van der Waals surface area contributed by atoms with E-state index in [0.29, 0.717) is 13.1 Å². The first-order chi connectivity index (χ1) is 13.5. The predicted molar refractivity (Wildman–Crippen MR) is 112 cm³/mol. The van der Waals surface area contributed by atoms with Crippen LogP contribution in [0, 0.1) is 26.2 Å². The largest absolute Gasteiger partial charge is 0.346 e. The van der Waals surface area contributed by atoms with Crippen LogP contribution in [0.2, 0.25) is 0 Å². The summed E-state index contributed by atoms with van der Waals surface area (Å²) in [6.45, 7) is 13.1. The van der Waals surface area contributed by atoms with Crippen molar-refractivity contribution in [1.82, 2.24) is 19.8 Å². The molecular formula is C23H30N4O2. The van der Waals surface area contributed by atoms with Crippen LogP contribution in [0.4, 0.5) is 0 Å². The number of aromatic nitrogens is 2. The summed E-state index contributed by atoms with van der Waals surface area (Å²) < 4.78 is 2.17. The highest BCUT2D eigenvalue weighted by Crippen LogP contribution is 2.45. The molecule has 1 unspecified atom stereocenters. The molecule has 0 saturated carbocycles. The van der Waals surface area contributed by atoms with E-state index in [1.807, 2.05) is 45.7 Å². The third-order valence-electron chi connectivity index (χ3n) is 6.21. The molecule has 0 aliphatic carbocycles. The van der Waals surface area contributed by atoms with Gasteiger partial charge >= 0.3 is 0 Å². The summed E-state index contributed by atoms with van der Waals surface area (Å²) in [7, 11) is 0. The van der Waals surface area contributed by atoms with Crippen LogP contribution in [-0.2, 0) is 10.3 Å². The van der Waals surface area contributed by atoms with Gasteiger partial charge in [0.05, 0.1) is 11.6 Å². The number of nitrogens with one attached hydrogen (secondary N) is 1. The number of imidazole rings is 1. The van der Waals surface area contributed by atoms with Crippen molar-refractivity contribution >= 4 is 11.8 Å². The fraction of sp³-hybridized carbons (Fsp3) is 0.522. The standard InChI is InChI=1S/C23H30N4O2/c1-14-9-15(2)18(16(3)10-14)20(28)26-12-23(13-26)11-17(19-24-7-8-27(19)23)25-21(29)22(4,5)6/h7-10,17H,11-13H2,1-6H3,(H,25,29). The third-order valence-corrected chi connectivity index (χ3v) is 6.21. The van der Waals surface area contributed by atoms with Crippen LogP contribution in [0.3, 0.4) is 0 Å². The van der Waals surface area contributed by atoms with E-state index in [1.54, 1.807) is 6.20 Å². The molecular weight excluding hydrogens is 364 g/mol. The predicted octanol–water partition coefficient (Wildman–Crippen LogP) is 3.27. The summed E-state index contributed by atoms with van der Waals surface area (Å²) in [5, 5.41) is 3.16. The number of likely N-dealkylation sites (tertiary alicyclic amines) is 1. The number of amides is 2. The smallest absolute Gasteiger partial charge is 0.254 e. The van der Waals surface area contributed by atoms with E-state index >= 15 is 0 Å². The summed E-state index contributed by atoms with van der Waals surface area (Å²) in [5.41, 5.74) is 3.41. The first-order valence-electron chi connectivity index (χ1n) is 10.2. The molecule has 4 rings (SSSR count). The van der Waals surface area contributed by atoms with Crippen LogP contribution >= 0.6 is 0 Å². The average Bonchev–Trinajstić information content (AvgIpc) is 3.13. The van der Waals surface area contributed by atoms with E-state index in [4.69, 9.17) is 0 Å². The van der Waals surface area contributed by atoms with Gasteiger partial charge in [-0.05, 0) is 31.9 Å². The lowest BCUT2D eigenvalue weighted by atomic mass is 9.84. The Morgan fingerprint density at radius 2 is 1.76 bits per heavy atom. The minimum absolute atomic E-state index is 0.0206. The van der Waals surface area contributed by atoms with Gasteiger partial charge in [-0.1, -0.05) is 38.5 Å². The summed E-state index contributed by atoms with van der Waals surface area (Å²) in [6.07, 6.45) is 4.53. The second-order valence-electron chi connectivity index (χ2n) is 9.79. The number of hydrogen-bond donors (Lipinski definition) is 1. The second-order valence-corrected chi connectivity index (χ2v) is 9.79. The van der Waals surface area contributed by atoms with Gasteiger partial charge in [-0.15, -0.1) is 0 Å². The van der Waals surface area contributed by atoms with Crippen molar-refractivity contribution in [2.45, 2.75) is 59.5 Å². The van der Waals surface area contributed by atoms with Gasteiger partial charge in [0.1, 0.15) is 5.82 Å². The highest BCUT2D eigenvalue weighted by molar-refractivity contribution is 5.97. The molecule has 1 aromatic heterocycles. The number of rotatable bonds is 2. The summed E-state index contributed by atoms with van der Waals surface area (Å²) in [6, 6.07) is 4.02. The van der Waals surface area contributed by atoms with Crippen molar-refractivity contribution in [2.24, 2.45) is 5.41 Å². The van der Waals surface area contributed by atoms with Gasteiger partial charge in [-0.2, -0.15) is 0 Å². The van der Waals surface area contributed by atoms with Crippen molar-refractivity contribution in [2.75, 3.05) is 13.1 Å². The fourth-order valence-electron chi connectivity index (χ4n) is 4.80. The maximum Gasteiger partial charge on any atom is 0.254 e. The molecule has 1 saturated heterocycles. The Kier molecular flexibility index (Phi) is 4.37. The number of benzene rings is 1. The van der Waals surface area contributed by atoms with Crippen LogP contribution in [0.25, 0.3) is 0 Å². The third kappa shape index (κ3) is 3.15. The van der Waals surface area contributed by atoms with Crippen LogP contribution in [0.1, 0.15) is 66.1 Å². The molecule has 6 heteroatoms. The zero-order valence-electron chi connectivity index (χ0n) is 18.2. The number of nitrogens with zero attached hydrogens (tertiary/aromatic N) is 3. The highest BCUT2D eigenvalue weighted by Gasteiger charge is 2.54. The monoisotopic (exact) mass is 394 g/mol. The van der Waals surface area contributed by atoms with Crippen LogP contribution < -0.4 is 5.32 Å². The molecule has 154 valence electrons. The van der Waals surface area contributed by atoms with Gasteiger partial charge in [0.25, 0.3) is 5.91 Å². The van der Waals surface area contributed by atoms with E-state index in [-0.39, 0.29) is 23.4 Å². The molecule has 0 bridgehead atoms. The van der Waals surface area contributed by atoms with E-state index < -0.39 is 5.41 Å². The van der Waals surface area contributed by atoms with Gasteiger partial charge in [0, 0.05) is 42.9 Å². The maximum atomic E-state index is 13.2. The lowest BCUT2D eigenvalue weighted by Crippen LogP contribution is -2.63. The lowest BCUT2D eigenvalue weighted by Gasteiger charge is -2.49. The molecule has 2 aliphatic rings. The molecule has 2 aromatic rings. The van der Waals surface area contributed by atoms with Gasteiger partial charge in [-0.3, -0.25) is 9.59 Å². The van der Waals surface area contributed by atoms with Gasteiger partial charge in [0.2, 0.25) is 5.91 Å². The van der Waals surface area contributed by atoms with Crippen LogP contribution in [0.5, 0.6) is 0 Å². The molecule has 2 amide bonds. The number of carbonyl (C=O) groups is 2. The van der Waals surface area contributed by atoms with E-state index in [9.17, 15) is 9.59 Å². The quantitative estimate of drug-likeness (QED) is 0.850. The number of hydrogen-bond acceptors (Lipinski definition) is 3. The van der Waals surface area contributed by atoms with Crippen LogP contribution in [-0.4, -0.2) is 39.4 Å². The molecule has 0 radical (unpaired) electrons. The Bertz CT molecular complexity index is 970. The van der Waals surface area contributed by atoms with Crippen molar-refractivity contribution in [1.29, 1.82) is 0 Å².